The Hall–Kier alpha value is -1.10. The van der Waals surface area contributed by atoms with Crippen molar-refractivity contribution in [2.75, 3.05) is 6.54 Å². The van der Waals surface area contributed by atoms with Gasteiger partial charge in [-0.25, -0.2) is 0 Å². The van der Waals surface area contributed by atoms with Crippen LogP contribution >= 0.6 is 12.2 Å². The van der Waals surface area contributed by atoms with Crippen molar-refractivity contribution in [2.24, 2.45) is 0 Å². The topological polar surface area (TPSA) is 41.9 Å². The number of rotatable bonds is 5. The predicted molar refractivity (Wildman–Crippen MR) is 70.5 cm³/mol. The van der Waals surface area contributed by atoms with E-state index in [1.54, 1.807) is 0 Å². The molecule has 1 heterocycles. The van der Waals surface area contributed by atoms with E-state index in [1.807, 2.05) is 24.0 Å². The standard InChI is InChI=1S/C11H20N4S/c1-9(2)14-11(16)12-5-4-6-15-8-10(3)7-13-15/h7-9H,4-6H2,1-3H3,(H2,12,14,16). The lowest BCUT2D eigenvalue weighted by molar-refractivity contribution is 0.569. The first-order valence-electron chi connectivity index (χ1n) is 5.61. The summed E-state index contributed by atoms with van der Waals surface area (Å²) in [5.41, 5.74) is 1.20. The van der Waals surface area contributed by atoms with Crippen LogP contribution in [0.3, 0.4) is 0 Å². The number of hydrogen-bond donors (Lipinski definition) is 2. The highest BCUT2D eigenvalue weighted by Crippen LogP contribution is 1.95. The van der Waals surface area contributed by atoms with Crippen LogP contribution < -0.4 is 10.6 Å². The predicted octanol–water partition coefficient (Wildman–Crippen LogP) is 1.45. The summed E-state index contributed by atoms with van der Waals surface area (Å²) in [4.78, 5) is 0. The summed E-state index contributed by atoms with van der Waals surface area (Å²) in [5, 5.41) is 11.3. The second-order valence-corrected chi connectivity index (χ2v) is 4.60. The highest BCUT2D eigenvalue weighted by molar-refractivity contribution is 7.80. The molecule has 5 heteroatoms. The summed E-state index contributed by atoms with van der Waals surface area (Å²) in [6.45, 7) is 7.98. The lowest BCUT2D eigenvalue weighted by Crippen LogP contribution is -2.39. The summed E-state index contributed by atoms with van der Waals surface area (Å²) in [5.74, 6) is 0. The largest absolute Gasteiger partial charge is 0.363 e. The van der Waals surface area contributed by atoms with Gasteiger partial charge >= 0.3 is 0 Å². The van der Waals surface area contributed by atoms with Gasteiger partial charge in [0, 0.05) is 25.3 Å². The molecule has 0 aliphatic rings. The molecule has 90 valence electrons. The number of aryl methyl sites for hydroxylation is 2. The maximum absolute atomic E-state index is 5.12. The zero-order valence-electron chi connectivity index (χ0n) is 10.2. The van der Waals surface area contributed by atoms with Gasteiger partial charge in [0.15, 0.2) is 5.11 Å². The average Bonchev–Trinajstić information content (AvgIpc) is 2.58. The van der Waals surface area contributed by atoms with E-state index in [-0.39, 0.29) is 0 Å². The number of nitrogens with one attached hydrogen (secondary N) is 2. The van der Waals surface area contributed by atoms with Gasteiger partial charge in [-0.3, -0.25) is 4.68 Å². The van der Waals surface area contributed by atoms with Crippen LogP contribution in [-0.4, -0.2) is 27.5 Å². The Balaban J connectivity index is 2.10. The fourth-order valence-corrected chi connectivity index (χ4v) is 1.68. The number of hydrogen-bond acceptors (Lipinski definition) is 2. The van der Waals surface area contributed by atoms with Crippen molar-refractivity contribution in [3.05, 3.63) is 18.0 Å². The first kappa shape index (κ1) is 13.0. The van der Waals surface area contributed by atoms with Gasteiger partial charge in [-0.2, -0.15) is 5.10 Å². The number of thiocarbonyl (C=S) groups is 1. The molecular formula is C11H20N4S. The summed E-state index contributed by atoms with van der Waals surface area (Å²) >= 11 is 5.12. The number of nitrogens with zero attached hydrogens (tertiary/aromatic N) is 2. The van der Waals surface area contributed by atoms with Crippen molar-refractivity contribution < 1.29 is 0 Å². The van der Waals surface area contributed by atoms with Crippen LogP contribution in [0.25, 0.3) is 0 Å². The zero-order valence-corrected chi connectivity index (χ0v) is 11.0. The molecule has 1 aromatic heterocycles. The van der Waals surface area contributed by atoms with Crippen LogP contribution in [0.2, 0.25) is 0 Å². The summed E-state index contributed by atoms with van der Waals surface area (Å²) in [6.07, 6.45) is 4.93. The Kier molecular flexibility index (Phi) is 5.25. The van der Waals surface area contributed by atoms with Gasteiger partial charge in [0.25, 0.3) is 0 Å². The Morgan fingerprint density at radius 1 is 1.56 bits per heavy atom. The molecule has 0 saturated carbocycles. The highest BCUT2D eigenvalue weighted by atomic mass is 32.1. The Bertz CT molecular complexity index is 332. The molecule has 0 radical (unpaired) electrons. The van der Waals surface area contributed by atoms with Crippen LogP contribution in [0.1, 0.15) is 25.8 Å². The van der Waals surface area contributed by atoms with Gasteiger partial charge in [-0.15, -0.1) is 0 Å². The molecule has 2 N–H and O–H groups in total. The Labute approximate surface area is 102 Å². The minimum absolute atomic E-state index is 0.383. The van der Waals surface area contributed by atoms with Crippen LogP contribution in [0.5, 0.6) is 0 Å². The molecule has 0 fully saturated rings. The van der Waals surface area contributed by atoms with Gasteiger partial charge in [-0.1, -0.05) is 0 Å². The van der Waals surface area contributed by atoms with Crippen molar-refractivity contribution >= 4 is 17.3 Å². The van der Waals surface area contributed by atoms with Gasteiger partial charge in [0.05, 0.1) is 6.20 Å². The first-order valence-corrected chi connectivity index (χ1v) is 6.02. The van der Waals surface area contributed by atoms with E-state index < -0.39 is 0 Å². The SMILES string of the molecule is Cc1cnn(CCCNC(=S)NC(C)C)c1. The molecule has 0 aromatic carbocycles. The molecule has 0 unspecified atom stereocenters. The number of aromatic nitrogens is 2. The van der Waals surface area contributed by atoms with Crippen LogP contribution in [0.15, 0.2) is 12.4 Å². The maximum Gasteiger partial charge on any atom is 0.166 e. The fourth-order valence-electron chi connectivity index (χ4n) is 1.35. The summed E-state index contributed by atoms with van der Waals surface area (Å²) in [6, 6.07) is 0.383. The molecule has 1 rings (SSSR count). The van der Waals surface area contributed by atoms with Crippen molar-refractivity contribution in [3.63, 3.8) is 0 Å². The lowest BCUT2D eigenvalue weighted by Gasteiger charge is -2.12. The molecule has 0 bridgehead atoms. The van der Waals surface area contributed by atoms with Crippen molar-refractivity contribution in [1.29, 1.82) is 0 Å². The van der Waals surface area contributed by atoms with E-state index in [2.05, 4.69) is 29.6 Å². The molecule has 0 amide bonds. The van der Waals surface area contributed by atoms with Gasteiger partial charge in [0.1, 0.15) is 0 Å². The minimum Gasteiger partial charge on any atom is -0.363 e. The van der Waals surface area contributed by atoms with Crippen LogP contribution in [0.4, 0.5) is 0 Å². The third-order valence-corrected chi connectivity index (χ3v) is 2.29. The molecule has 0 saturated heterocycles. The van der Waals surface area contributed by atoms with E-state index in [0.717, 1.165) is 24.6 Å². The smallest absolute Gasteiger partial charge is 0.166 e. The van der Waals surface area contributed by atoms with E-state index in [4.69, 9.17) is 12.2 Å². The molecule has 0 atom stereocenters. The molecule has 0 spiro atoms. The molecular weight excluding hydrogens is 220 g/mol. The summed E-state index contributed by atoms with van der Waals surface area (Å²) in [7, 11) is 0. The van der Waals surface area contributed by atoms with E-state index in [1.165, 1.54) is 5.56 Å². The van der Waals surface area contributed by atoms with E-state index in [9.17, 15) is 0 Å². The van der Waals surface area contributed by atoms with Crippen molar-refractivity contribution in [3.8, 4) is 0 Å². The molecule has 0 aliphatic heterocycles. The van der Waals surface area contributed by atoms with Gasteiger partial charge < -0.3 is 10.6 Å². The highest BCUT2D eigenvalue weighted by Gasteiger charge is 1.98. The van der Waals surface area contributed by atoms with Crippen molar-refractivity contribution in [1.82, 2.24) is 20.4 Å². The maximum atomic E-state index is 5.12. The molecule has 0 aliphatic carbocycles. The molecule has 4 nitrogen and oxygen atoms in total. The van der Waals surface area contributed by atoms with Gasteiger partial charge in [-0.05, 0) is 45.0 Å². The van der Waals surface area contributed by atoms with Crippen LogP contribution in [0, 0.1) is 6.92 Å². The monoisotopic (exact) mass is 240 g/mol. The third-order valence-electron chi connectivity index (χ3n) is 2.03. The average molecular weight is 240 g/mol. The Morgan fingerprint density at radius 2 is 2.31 bits per heavy atom. The molecule has 1 aromatic rings. The lowest BCUT2D eigenvalue weighted by atomic mass is 10.4. The zero-order chi connectivity index (χ0) is 12.0. The van der Waals surface area contributed by atoms with E-state index >= 15 is 0 Å². The minimum atomic E-state index is 0.383. The second kappa shape index (κ2) is 6.48. The van der Waals surface area contributed by atoms with Gasteiger partial charge in [0.2, 0.25) is 0 Å². The van der Waals surface area contributed by atoms with E-state index in [0.29, 0.717) is 6.04 Å². The van der Waals surface area contributed by atoms with Crippen LogP contribution in [-0.2, 0) is 6.54 Å². The Morgan fingerprint density at radius 3 is 2.88 bits per heavy atom. The molecule has 16 heavy (non-hydrogen) atoms. The fraction of sp³-hybridized carbons (Fsp3) is 0.636. The van der Waals surface area contributed by atoms with Crippen molar-refractivity contribution in [2.45, 2.75) is 39.8 Å². The third kappa shape index (κ3) is 5.11. The second-order valence-electron chi connectivity index (χ2n) is 4.19. The quantitative estimate of drug-likeness (QED) is 0.604. The first-order chi connectivity index (χ1) is 7.58. The normalized spacial score (nSPS) is 10.5. The summed E-state index contributed by atoms with van der Waals surface area (Å²) < 4.78 is 1.95.